The molecule has 4 aromatic rings. The van der Waals surface area contributed by atoms with E-state index in [1.165, 1.54) is 25.4 Å². The molecule has 0 unspecified atom stereocenters. The monoisotopic (exact) mass is 446 g/mol. The number of benzene rings is 2. The first-order chi connectivity index (χ1) is 14.3. The topological polar surface area (TPSA) is 98.5 Å². The minimum absolute atomic E-state index is 0.0772. The number of fused-ring (bicyclic) bond motifs is 1. The van der Waals surface area contributed by atoms with Crippen molar-refractivity contribution >= 4 is 43.4 Å². The van der Waals surface area contributed by atoms with E-state index in [0.29, 0.717) is 10.5 Å². The van der Waals surface area contributed by atoms with E-state index in [0.717, 1.165) is 29.0 Å². The van der Waals surface area contributed by atoms with Gasteiger partial charge in [0.25, 0.3) is 10.0 Å². The van der Waals surface area contributed by atoms with E-state index in [1.807, 2.05) is 24.3 Å². The van der Waals surface area contributed by atoms with Gasteiger partial charge in [-0.2, -0.15) is 0 Å². The summed E-state index contributed by atoms with van der Waals surface area (Å²) in [6, 6.07) is 11.7. The van der Waals surface area contributed by atoms with Gasteiger partial charge < -0.3 is 9.15 Å². The van der Waals surface area contributed by atoms with Crippen molar-refractivity contribution in [3.8, 4) is 10.6 Å². The van der Waals surface area contributed by atoms with E-state index in [-0.39, 0.29) is 27.7 Å². The summed E-state index contributed by atoms with van der Waals surface area (Å²) in [7, 11) is -2.89. The lowest BCUT2D eigenvalue weighted by atomic mass is 10.1. The van der Waals surface area contributed by atoms with E-state index in [9.17, 15) is 17.6 Å². The molecule has 154 valence electrons. The SMILES string of the molecule is COC(=O)c1c(C)oc(NS(=O)(=O)c2ccc(F)cc2)c1-c1nc2ccccc2s1. The summed E-state index contributed by atoms with van der Waals surface area (Å²) in [6.07, 6.45) is 0. The number of carbonyl (C=O) groups excluding carboxylic acids is 1. The summed E-state index contributed by atoms with van der Waals surface area (Å²) in [6.45, 7) is 1.53. The largest absolute Gasteiger partial charge is 0.465 e. The zero-order chi connectivity index (χ0) is 21.5. The molecule has 0 aliphatic carbocycles. The summed E-state index contributed by atoms with van der Waals surface area (Å²) >= 11 is 1.28. The molecule has 0 aliphatic rings. The Bertz CT molecular complexity index is 1320. The fraction of sp³-hybridized carbons (Fsp3) is 0.100. The molecule has 30 heavy (non-hydrogen) atoms. The number of sulfonamides is 1. The number of nitrogens with zero attached hydrogens (tertiary/aromatic N) is 1. The van der Waals surface area contributed by atoms with Crippen molar-refractivity contribution in [3.05, 3.63) is 65.7 Å². The lowest BCUT2D eigenvalue weighted by Crippen LogP contribution is -2.13. The van der Waals surface area contributed by atoms with Crippen LogP contribution in [0.15, 0.2) is 57.8 Å². The Morgan fingerprint density at radius 1 is 1.17 bits per heavy atom. The number of halogens is 1. The number of aromatic nitrogens is 1. The van der Waals surface area contributed by atoms with Crippen LogP contribution in [0.5, 0.6) is 0 Å². The first-order valence-corrected chi connectivity index (χ1v) is 11.0. The molecular formula is C20H15FN2O5S2. The molecule has 2 aromatic carbocycles. The van der Waals surface area contributed by atoms with Crippen LogP contribution in [0.25, 0.3) is 20.8 Å². The summed E-state index contributed by atoms with van der Waals surface area (Å²) < 4.78 is 52.4. The van der Waals surface area contributed by atoms with Gasteiger partial charge in [0.05, 0.1) is 27.8 Å². The van der Waals surface area contributed by atoms with Crippen molar-refractivity contribution in [3.63, 3.8) is 0 Å². The minimum atomic E-state index is -4.11. The first-order valence-electron chi connectivity index (χ1n) is 8.66. The average Bonchev–Trinajstić information content (AvgIpc) is 3.27. The highest BCUT2D eigenvalue weighted by atomic mass is 32.2. The van der Waals surface area contributed by atoms with Crippen LogP contribution in [0.1, 0.15) is 16.1 Å². The summed E-state index contributed by atoms with van der Waals surface area (Å²) in [4.78, 5) is 16.8. The quantitative estimate of drug-likeness (QED) is 0.450. The maximum Gasteiger partial charge on any atom is 0.342 e. The van der Waals surface area contributed by atoms with Crippen molar-refractivity contribution in [2.45, 2.75) is 11.8 Å². The van der Waals surface area contributed by atoms with Gasteiger partial charge >= 0.3 is 5.97 Å². The van der Waals surface area contributed by atoms with Gasteiger partial charge in [-0.1, -0.05) is 12.1 Å². The van der Waals surface area contributed by atoms with Gasteiger partial charge in [-0.3, -0.25) is 0 Å². The maximum atomic E-state index is 13.2. The molecule has 0 bridgehead atoms. The molecule has 0 saturated carbocycles. The van der Waals surface area contributed by atoms with Gasteiger partial charge in [0, 0.05) is 0 Å². The molecule has 0 spiro atoms. The molecule has 0 atom stereocenters. The number of ether oxygens (including phenoxy) is 1. The number of methoxy groups -OCH3 is 1. The van der Waals surface area contributed by atoms with Crippen LogP contribution >= 0.6 is 11.3 Å². The van der Waals surface area contributed by atoms with Crippen LogP contribution in [0, 0.1) is 12.7 Å². The van der Waals surface area contributed by atoms with Crippen molar-refractivity contribution in [1.29, 1.82) is 0 Å². The van der Waals surface area contributed by atoms with Gasteiger partial charge in [0.2, 0.25) is 5.88 Å². The molecule has 0 aliphatic heterocycles. The zero-order valence-corrected chi connectivity index (χ0v) is 17.4. The van der Waals surface area contributed by atoms with Crippen molar-refractivity contribution < 1.29 is 26.8 Å². The lowest BCUT2D eigenvalue weighted by Gasteiger charge is -2.07. The Morgan fingerprint density at radius 2 is 1.87 bits per heavy atom. The highest BCUT2D eigenvalue weighted by molar-refractivity contribution is 7.92. The van der Waals surface area contributed by atoms with E-state index >= 15 is 0 Å². The highest BCUT2D eigenvalue weighted by Crippen LogP contribution is 2.41. The Hall–Kier alpha value is -3.24. The van der Waals surface area contributed by atoms with Crippen molar-refractivity contribution in [2.75, 3.05) is 11.8 Å². The molecule has 10 heteroatoms. The number of hydrogen-bond donors (Lipinski definition) is 1. The standard InChI is InChI=1S/C20H15FN2O5S2/c1-11-16(20(24)27-2)17(19-22-14-5-3-4-6-15(14)29-19)18(28-11)23-30(25,26)13-9-7-12(21)8-10-13/h3-10,23H,1-2H3. The van der Waals surface area contributed by atoms with Crippen LogP contribution < -0.4 is 4.72 Å². The predicted octanol–water partition coefficient (Wildman–Crippen LogP) is 4.59. The van der Waals surface area contributed by atoms with Gasteiger partial charge in [0.1, 0.15) is 22.1 Å². The molecule has 2 aromatic heterocycles. The lowest BCUT2D eigenvalue weighted by molar-refractivity contribution is 0.0599. The van der Waals surface area contributed by atoms with E-state index in [2.05, 4.69) is 9.71 Å². The van der Waals surface area contributed by atoms with Crippen LogP contribution in [-0.2, 0) is 14.8 Å². The predicted molar refractivity (Wildman–Crippen MR) is 111 cm³/mol. The smallest absolute Gasteiger partial charge is 0.342 e. The second-order valence-electron chi connectivity index (χ2n) is 6.28. The fourth-order valence-electron chi connectivity index (χ4n) is 2.94. The molecule has 1 N–H and O–H groups in total. The molecule has 0 amide bonds. The van der Waals surface area contributed by atoms with Crippen molar-refractivity contribution in [1.82, 2.24) is 4.98 Å². The first kappa shape index (κ1) is 20.0. The third kappa shape index (κ3) is 3.55. The van der Waals surface area contributed by atoms with Gasteiger partial charge in [-0.15, -0.1) is 11.3 Å². The number of aryl methyl sites for hydroxylation is 1. The zero-order valence-electron chi connectivity index (χ0n) is 15.8. The minimum Gasteiger partial charge on any atom is -0.465 e. The third-order valence-corrected chi connectivity index (χ3v) is 6.73. The second kappa shape index (κ2) is 7.54. The number of esters is 1. The van der Waals surface area contributed by atoms with Gasteiger partial charge in [-0.05, 0) is 43.3 Å². The second-order valence-corrected chi connectivity index (χ2v) is 8.99. The molecular weight excluding hydrogens is 431 g/mol. The summed E-state index contributed by atoms with van der Waals surface area (Å²) in [5, 5.41) is 0.394. The molecule has 0 radical (unpaired) electrons. The van der Waals surface area contributed by atoms with E-state index in [4.69, 9.17) is 9.15 Å². The van der Waals surface area contributed by atoms with Crippen LogP contribution in [0.2, 0.25) is 0 Å². The molecule has 0 fully saturated rings. The fourth-order valence-corrected chi connectivity index (χ4v) is 4.96. The van der Waals surface area contributed by atoms with Crippen LogP contribution in [0.4, 0.5) is 10.3 Å². The number of furan rings is 1. The Morgan fingerprint density at radius 3 is 2.53 bits per heavy atom. The maximum absolute atomic E-state index is 13.2. The van der Waals surface area contributed by atoms with E-state index < -0.39 is 21.8 Å². The summed E-state index contributed by atoms with van der Waals surface area (Å²) in [5.74, 6) is -1.24. The Kier molecular flexibility index (Phi) is 5.04. The average molecular weight is 446 g/mol. The number of anilines is 1. The third-order valence-electron chi connectivity index (χ3n) is 4.33. The number of para-hydroxylation sites is 1. The number of hydrogen-bond acceptors (Lipinski definition) is 7. The molecule has 2 heterocycles. The van der Waals surface area contributed by atoms with Crippen LogP contribution in [0.3, 0.4) is 0 Å². The highest BCUT2D eigenvalue weighted by Gasteiger charge is 2.30. The van der Waals surface area contributed by atoms with Gasteiger partial charge in [-0.25, -0.2) is 27.3 Å². The van der Waals surface area contributed by atoms with Crippen molar-refractivity contribution in [2.24, 2.45) is 0 Å². The molecule has 7 nitrogen and oxygen atoms in total. The molecule has 0 saturated heterocycles. The number of rotatable bonds is 5. The Labute approximate surface area is 175 Å². The normalized spacial score (nSPS) is 11.6. The summed E-state index contributed by atoms with van der Waals surface area (Å²) in [5.41, 5.74) is 0.958. The molecule has 4 rings (SSSR count). The number of nitrogens with one attached hydrogen (secondary N) is 1. The van der Waals surface area contributed by atoms with Gasteiger partial charge in [0.15, 0.2) is 0 Å². The van der Waals surface area contributed by atoms with E-state index in [1.54, 1.807) is 0 Å². The Balaban J connectivity index is 1.88. The van der Waals surface area contributed by atoms with Crippen LogP contribution in [-0.4, -0.2) is 26.5 Å². The number of carbonyl (C=O) groups is 1. The number of thiazole rings is 1.